The summed E-state index contributed by atoms with van der Waals surface area (Å²) >= 11 is 0. The van der Waals surface area contributed by atoms with Gasteiger partial charge in [0.05, 0.1) is 24.6 Å². The van der Waals surface area contributed by atoms with Gasteiger partial charge in [0, 0.05) is 63.0 Å². The van der Waals surface area contributed by atoms with Crippen LogP contribution < -0.4 is 10.3 Å². The molecule has 2 aromatic heterocycles. The van der Waals surface area contributed by atoms with Gasteiger partial charge in [0.15, 0.2) is 0 Å². The number of amides is 1. The second-order valence-electron chi connectivity index (χ2n) is 8.48. The SMILES string of the molecule is COc1ccccc1CN1CCc2nc(C3CCN(C(=O)c4cnccn4)C3)[nH]c(=O)c2C1. The lowest BCUT2D eigenvalue weighted by Crippen LogP contribution is -2.36. The zero-order valence-corrected chi connectivity index (χ0v) is 18.5. The summed E-state index contributed by atoms with van der Waals surface area (Å²) in [6.07, 6.45) is 6.01. The molecule has 0 saturated carbocycles. The maximum absolute atomic E-state index is 13.0. The molecule has 0 bridgehead atoms. The van der Waals surface area contributed by atoms with E-state index in [0.29, 0.717) is 37.7 Å². The summed E-state index contributed by atoms with van der Waals surface area (Å²) < 4.78 is 5.46. The van der Waals surface area contributed by atoms with Gasteiger partial charge in [-0.15, -0.1) is 0 Å². The molecule has 1 saturated heterocycles. The minimum atomic E-state index is -0.141. The first-order valence-corrected chi connectivity index (χ1v) is 11.1. The van der Waals surface area contributed by atoms with Gasteiger partial charge in [-0.25, -0.2) is 9.97 Å². The smallest absolute Gasteiger partial charge is 0.274 e. The van der Waals surface area contributed by atoms with Gasteiger partial charge < -0.3 is 14.6 Å². The van der Waals surface area contributed by atoms with E-state index in [1.165, 1.54) is 12.4 Å². The Kier molecular flexibility index (Phi) is 5.87. The van der Waals surface area contributed by atoms with Crippen molar-refractivity contribution < 1.29 is 9.53 Å². The number of H-pyrrole nitrogens is 1. The Morgan fingerprint density at radius 3 is 2.94 bits per heavy atom. The van der Waals surface area contributed by atoms with Crippen LogP contribution in [-0.2, 0) is 19.5 Å². The van der Waals surface area contributed by atoms with Gasteiger partial charge in [0.25, 0.3) is 11.5 Å². The summed E-state index contributed by atoms with van der Waals surface area (Å²) in [7, 11) is 1.67. The van der Waals surface area contributed by atoms with Crippen molar-refractivity contribution in [2.75, 3.05) is 26.7 Å². The van der Waals surface area contributed by atoms with Gasteiger partial charge in [0.1, 0.15) is 17.3 Å². The molecule has 2 aliphatic heterocycles. The Balaban J connectivity index is 1.29. The minimum absolute atomic E-state index is 0.00947. The molecule has 9 nitrogen and oxygen atoms in total. The number of aromatic amines is 1. The Morgan fingerprint density at radius 1 is 1.24 bits per heavy atom. The highest BCUT2D eigenvalue weighted by atomic mass is 16.5. The first kappa shape index (κ1) is 21.3. The molecule has 1 N–H and O–H groups in total. The van der Waals surface area contributed by atoms with Crippen molar-refractivity contribution in [2.45, 2.75) is 31.8 Å². The molecule has 3 aromatic rings. The molecular weight excluding hydrogens is 420 g/mol. The molecule has 1 atom stereocenters. The largest absolute Gasteiger partial charge is 0.496 e. The Bertz CT molecular complexity index is 1210. The van der Waals surface area contributed by atoms with Crippen LogP contribution in [0, 0.1) is 0 Å². The van der Waals surface area contributed by atoms with E-state index in [4.69, 9.17) is 9.72 Å². The topological polar surface area (TPSA) is 104 Å². The van der Waals surface area contributed by atoms with Crippen molar-refractivity contribution in [1.29, 1.82) is 0 Å². The fourth-order valence-electron chi connectivity index (χ4n) is 4.64. The first-order valence-electron chi connectivity index (χ1n) is 11.1. The summed E-state index contributed by atoms with van der Waals surface area (Å²) in [5.74, 6) is 1.40. The van der Waals surface area contributed by atoms with Gasteiger partial charge in [-0.3, -0.25) is 19.5 Å². The maximum atomic E-state index is 13.0. The van der Waals surface area contributed by atoms with Crippen molar-refractivity contribution >= 4 is 5.91 Å². The number of rotatable bonds is 5. The van der Waals surface area contributed by atoms with Crippen LogP contribution in [-0.4, -0.2) is 62.4 Å². The molecule has 0 aliphatic carbocycles. The number of hydrogen-bond acceptors (Lipinski definition) is 7. The second-order valence-corrected chi connectivity index (χ2v) is 8.48. The van der Waals surface area contributed by atoms with Crippen LogP contribution in [0.1, 0.15) is 45.5 Å². The third-order valence-corrected chi connectivity index (χ3v) is 6.40. The highest BCUT2D eigenvalue weighted by Gasteiger charge is 2.31. The summed E-state index contributed by atoms with van der Waals surface area (Å²) in [5.41, 5.74) is 2.94. The normalized spacial score (nSPS) is 18.2. The molecule has 1 amide bonds. The van der Waals surface area contributed by atoms with E-state index < -0.39 is 0 Å². The third-order valence-electron chi connectivity index (χ3n) is 6.40. The van der Waals surface area contributed by atoms with Crippen molar-refractivity contribution in [3.05, 3.63) is 81.5 Å². The highest BCUT2D eigenvalue weighted by molar-refractivity contribution is 5.92. The van der Waals surface area contributed by atoms with E-state index in [1.807, 2.05) is 24.3 Å². The van der Waals surface area contributed by atoms with Crippen LogP contribution in [0.15, 0.2) is 47.7 Å². The number of benzene rings is 1. The quantitative estimate of drug-likeness (QED) is 0.637. The summed E-state index contributed by atoms with van der Waals surface area (Å²) in [6, 6.07) is 7.95. The molecule has 0 radical (unpaired) electrons. The molecule has 2 aliphatic rings. The summed E-state index contributed by atoms with van der Waals surface area (Å²) in [5, 5.41) is 0. The molecule has 0 spiro atoms. The van der Waals surface area contributed by atoms with Crippen LogP contribution in [0.4, 0.5) is 0 Å². The number of fused-ring (bicyclic) bond motifs is 1. The lowest BCUT2D eigenvalue weighted by Gasteiger charge is -2.28. The lowest BCUT2D eigenvalue weighted by atomic mass is 10.0. The Labute approximate surface area is 191 Å². The van der Waals surface area contributed by atoms with Gasteiger partial charge >= 0.3 is 0 Å². The number of ether oxygens (including phenoxy) is 1. The predicted octanol–water partition coefficient (Wildman–Crippen LogP) is 1.76. The zero-order valence-electron chi connectivity index (χ0n) is 18.5. The van der Waals surface area contributed by atoms with Gasteiger partial charge in [-0.2, -0.15) is 0 Å². The number of carbonyl (C=O) groups excluding carboxylic acids is 1. The second kappa shape index (κ2) is 9.11. The zero-order chi connectivity index (χ0) is 22.8. The minimum Gasteiger partial charge on any atom is -0.496 e. The standard InChI is InChI=1S/C24H26N6O3/c1-33-21-5-3-2-4-16(21)13-29-10-7-19-18(15-29)23(31)28-22(27-19)17-6-11-30(14-17)24(32)20-12-25-8-9-26-20/h2-5,8-9,12,17H,6-7,10-11,13-15H2,1H3,(H,27,28,31). The number of methoxy groups -OCH3 is 1. The molecule has 1 aromatic carbocycles. The van der Waals surface area contributed by atoms with Crippen molar-refractivity contribution in [1.82, 2.24) is 29.7 Å². The molecule has 1 fully saturated rings. The maximum Gasteiger partial charge on any atom is 0.274 e. The van der Waals surface area contributed by atoms with E-state index in [1.54, 1.807) is 18.2 Å². The molecule has 170 valence electrons. The number of para-hydroxylation sites is 1. The van der Waals surface area contributed by atoms with E-state index in [9.17, 15) is 9.59 Å². The predicted molar refractivity (Wildman–Crippen MR) is 121 cm³/mol. The number of nitrogens with one attached hydrogen (secondary N) is 1. The van der Waals surface area contributed by atoms with Crippen LogP contribution in [0.25, 0.3) is 0 Å². The molecular formula is C24H26N6O3. The first-order chi connectivity index (χ1) is 16.1. The highest BCUT2D eigenvalue weighted by Crippen LogP contribution is 2.27. The number of carbonyl (C=O) groups is 1. The fraction of sp³-hybridized carbons (Fsp3) is 0.375. The number of nitrogens with zero attached hydrogens (tertiary/aromatic N) is 5. The van der Waals surface area contributed by atoms with Gasteiger partial charge in [0.2, 0.25) is 0 Å². The average Bonchev–Trinajstić information content (AvgIpc) is 3.35. The van der Waals surface area contributed by atoms with Crippen molar-refractivity contribution in [2.24, 2.45) is 0 Å². The number of aromatic nitrogens is 4. The van der Waals surface area contributed by atoms with Crippen LogP contribution in [0.5, 0.6) is 5.75 Å². The molecule has 1 unspecified atom stereocenters. The fourth-order valence-corrected chi connectivity index (χ4v) is 4.64. The van der Waals surface area contributed by atoms with Gasteiger partial charge in [-0.1, -0.05) is 18.2 Å². The molecule has 33 heavy (non-hydrogen) atoms. The third kappa shape index (κ3) is 4.36. The monoisotopic (exact) mass is 446 g/mol. The Morgan fingerprint density at radius 2 is 2.12 bits per heavy atom. The van der Waals surface area contributed by atoms with E-state index in [0.717, 1.165) is 42.0 Å². The van der Waals surface area contributed by atoms with Crippen LogP contribution >= 0.6 is 0 Å². The number of likely N-dealkylation sites (tertiary alicyclic amines) is 1. The lowest BCUT2D eigenvalue weighted by molar-refractivity contribution is 0.0784. The van der Waals surface area contributed by atoms with Crippen LogP contribution in [0.3, 0.4) is 0 Å². The van der Waals surface area contributed by atoms with Crippen molar-refractivity contribution in [3.63, 3.8) is 0 Å². The van der Waals surface area contributed by atoms with Crippen LogP contribution in [0.2, 0.25) is 0 Å². The molecule has 5 rings (SSSR count). The van der Waals surface area contributed by atoms with E-state index in [2.05, 4.69) is 19.9 Å². The number of hydrogen-bond donors (Lipinski definition) is 1. The average molecular weight is 447 g/mol. The van der Waals surface area contributed by atoms with E-state index >= 15 is 0 Å². The molecule has 4 heterocycles. The van der Waals surface area contributed by atoms with Gasteiger partial charge in [-0.05, 0) is 12.5 Å². The summed E-state index contributed by atoms with van der Waals surface area (Å²) in [4.78, 5) is 45.5. The Hall–Kier alpha value is -3.59. The molecule has 9 heteroatoms. The van der Waals surface area contributed by atoms with Crippen molar-refractivity contribution in [3.8, 4) is 5.75 Å². The summed E-state index contributed by atoms with van der Waals surface area (Å²) in [6.45, 7) is 3.21. The van der Waals surface area contributed by atoms with E-state index in [-0.39, 0.29) is 17.4 Å².